The number of nitrogens with two attached hydrogens (primary N) is 2. The molecule has 0 rings (SSSR count). The molecule has 0 aliphatic rings. The first-order valence-corrected chi connectivity index (χ1v) is 11.0. The Morgan fingerprint density at radius 1 is 0.765 bits per heavy atom. The van der Waals surface area contributed by atoms with Gasteiger partial charge < -0.3 is 37.6 Å². The lowest BCUT2D eigenvalue weighted by Gasteiger charge is -2.27. The Kier molecular flexibility index (Phi) is 13.4. The molecule has 0 aromatic rings. The van der Waals surface area contributed by atoms with Crippen LogP contribution in [0.25, 0.3) is 0 Å². The highest BCUT2D eigenvalue weighted by Gasteiger charge is 2.32. The first kappa shape index (κ1) is 30.8. The van der Waals surface area contributed by atoms with Crippen LogP contribution in [0.3, 0.4) is 0 Å². The molecular formula is C21H37N5O8. The predicted molar refractivity (Wildman–Crippen MR) is 121 cm³/mol. The van der Waals surface area contributed by atoms with Crippen molar-refractivity contribution in [3.05, 3.63) is 0 Å². The zero-order chi connectivity index (χ0) is 26.6. The van der Waals surface area contributed by atoms with Gasteiger partial charge in [-0.3, -0.25) is 24.0 Å². The van der Waals surface area contributed by atoms with Crippen LogP contribution in [0.1, 0.15) is 59.8 Å². The molecule has 0 aliphatic heterocycles. The van der Waals surface area contributed by atoms with Crippen LogP contribution >= 0.6 is 0 Å². The maximum atomic E-state index is 12.9. The second-order valence-corrected chi connectivity index (χ2v) is 8.86. The monoisotopic (exact) mass is 487 g/mol. The number of hydrogen-bond donors (Lipinski definition) is 7. The molecule has 0 saturated heterocycles. The smallest absolute Gasteiger partial charge is 0.326 e. The molecule has 4 atom stereocenters. The number of carbonyl (C=O) groups is 6. The summed E-state index contributed by atoms with van der Waals surface area (Å²) in [7, 11) is 0. The van der Waals surface area contributed by atoms with Crippen LogP contribution in [-0.2, 0) is 28.8 Å². The second-order valence-electron chi connectivity index (χ2n) is 8.86. The molecule has 13 heteroatoms. The molecule has 0 fully saturated rings. The number of primary amides is 1. The van der Waals surface area contributed by atoms with Crippen LogP contribution in [0, 0.1) is 11.8 Å². The largest absolute Gasteiger partial charge is 0.481 e. The number of amides is 4. The van der Waals surface area contributed by atoms with Crippen molar-refractivity contribution < 1.29 is 39.0 Å². The van der Waals surface area contributed by atoms with E-state index in [9.17, 15) is 33.9 Å². The van der Waals surface area contributed by atoms with Crippen LogP contribution < -0.4 is 27.4 Å². The van der Waals surface area contributed by atoms with E-state index in [4.69, 9.17) is 16.6 Å². The zero-order valence-corrected chi connectivity index (χ0v) is 20.0. The molecule has 9 N–H and O–H groups in total. The normalized spacial score (nSPS) is 14.6. The van der Waals surface area contributed by atoms with Gasteiger partial charge in [-0.2, -0.15) is 0 Å². The average molecular weight is 488 g/mol. The fourth-order valence-corrected chi connectivity index (χ4v) is 2.99. The molecule has 0 bridgehead atoms. The van der Waals surface area contributed by atoms with Crippen LogP contribution in [0.15, 0.2) is 0 Å². The third-order valence-corrected chi connectivity index (χ3v) is 4.89. The number of carboxylic acid groups (broad SMARTS) is 2. The summed E-state index contributed by atoms with van der Waals surface area (Å²) in [5.74, 6) is -5.79. The Labute approximate surface area is 198 Å². The summed E-state index contributed by atoms with van der Waals surface area (Å²) < 4.78 is 0. The molecule has 0 heterocycles. The van der Waals surface area contributed by atoms with Crippen molar-refractivity contribution in [1.29, 1.82) is 0 Å². The molecule has 4 unspecified atom stereocenters. The van der Waals surface area contributed by atoms with E-state index in [0.717, 1.165) is 0 Å². The van der Waals surface area contributed by atoms with E-state index in [-0.39, 0.29) is 38.0 Å². The first-order valence-electron chi connectivity index (χ1n) is 11.0. The summed E-state index contributed by atoms with van der Waals surface area (Å²) in [6.07, 6.45) is -0.714. The van der Waals surface area contributed by atoms with Gasteiger partial charge >= 0.3 is 11.9 Å². The molecule has 13 nitrogen and oxygen atoms in total. The Morgan fingerprint density at radius 2 is 1.32 bits per heavy atom. The number of hydrogen-bond acceptors (Lipinski definition) is 7. The average Bonchev–Trinajstić information content (AvgIpc) is 2.70. The van der Waals surface area contributed by atoms with Gasteiger partial charge in [-0.25, -0.2) is 4.79 Å². The Bertz CT molecular complexity index is 755. The summed E-state index contributed by atoms with van der Waals surface area (Å²) in [5, 5.41) is 25.4. The highest BCUT2D eigenvalue weighted by atomic mass is 16.4. The third kappa shape index (κ3) is 12.1. The molecule has 0 spiro atoms. The summed E-state index contributed by atoms with van der Waals surface area (Å²) in [6, 6.07) is -4.70. The van der Waals surface area contributed by atoms with Gasteiger partial charge in [-0.1, -0.05) is 27.7 Å². The van der Waals surface area contributed by atoms with Crippen molar-refractivity contribution in [1.82, 2.24) is 16.0 Å². The minimum Gasteiger partial charge on any atom is -0.481 e. The quantitative estimate of drug-likeness (QED) is 0.137. The van der Waals surface area contributed by atoms with E-state index in [1.807, 2.05) is 0 Å². The molecule has 0 aromatic carbocycles. The van der Waals surface area contributed by atoms with E-state index in [0.29, 0.717) is 0 Å². The molecule has 0 radical (unpaired) electrons. The van der Waals surface area contributed by atoms with Gasteiger partial charge in [0.1, 0.15) is 18.1 Å². The van der Waals surface area contributed by atoms with Crippen molar-refractivity contribution in [2.75, 3.05) is 0 Å². The maximum Gasteiger partial charge on any atom is 0.326 e. The number of nitrogens with one attached hydrogen (secondary N) is 3. The van der Waals surface area contributed by atoms with Crippen molar-refractivity contribution >= 4 is 35.6 Å². The number of rotatable bonds is 16. The van der Waals surface area contributed by atoms with Gasteiger partial charge in [-0.05, 0) is 31.1 Å². The maximum absolute atomic E-state index is 12.9. The van der Waals surface area contributed by atoms with E-state index in [2.05, 4.69) is 16.0 Å². The molecular weight excluding hydrogens is 450 g/mol. The third-order valence-electron chi connectivity index (χ3n) is 4.89. The van der Waals surface area contributed by atoms with E-state index >= 15 is 0 Å². The highest BCUT2D eigenvalue weighted by Crippen LogP contribution is 2.10. The van der Waals surface area contributed by atoms with Gasteiger partial charge in [0, 0.05) is 12.8 Å². The SMILES string of the molecule is CC(C)CC(NC(=O)C(NC(=O)C(N)CCC(=O)O)C(C)C)C(=O)NC(CCC(N)=O)C(=O)O. The second kappa shape index (κ2) is 14.8. The number of carboxylic acids is 2. The lowest BCUT2D eigenvalue weighted by Crippen LogP contribution is -2.58. The zero-order valence-electron chi connectivity index (χ0n) is 20.0. The molecule has 0 saturated carbocycles. The van der Waals surface area contributed by atoms with Gasteiger partial charge in [-0.15, -0.1) is 0 Å². The number of carbonyl (C=O) groups excluding carboxylic acids is 4. The van der Waals surface area contributed by atoms with Crippen LogP contribution in [0.4, 0.5) is 0 Å². The van der Waals surface area contributed by atoms with Gasteiger partial charge in [0.05, 0.1) is 6.04 Å². The summed E-state index contributed by atoms with van der Waals surface area (Å²) in [5.41, 5.74) is 10.7. The van der Waals surface area contributed by atoms with Crippen LogP contribution in [0.5, 0.6) is 0 Å². The summed E-state index contributed by atoms with van der Waals surface area (Å²) in [4.78, 5) is 71.1. The molecule has 0 aliphatic carbocycles. The summed E-state index contributed by atoms with van der Waals surface area (Å²) >= 11 is 0. The van der Waals surface area contributed by atoms with E-state index in [1.165, 1.54) is 0 Å². The van der Waals surface area contributed by atoms with Crippen LogP contribution in [0.2, 0.25) is 0 Å². The lowest BCUT2D eigenvalue weighted by molar-refractivity contribution is -0.143. The topological polar surface area (TPSA) is 231 Å². The van der Waals surface area contributed by atoms with E-state index < -0.39 is 65.7 Å². The van der Waals surface area contributed by atoms with Gasteiger partial charge in [0.2, 0.25) is 23.6 Å². The van der Waals surface area contributed by atoms with Crippen molar-refractivity contribution in [3.8, 4) is 0 Å². The van der Waals surface area contributed by atoms with Gasteiger partial charge in [0.15, 0.2) is 0 Å². The standard InChI is InChI=1S/C21H37N5O8/c1-10(2)9-14(19(31)24-13(21(33)34)6-7-15(23)27)25-20(32)17(11(3)4)26-18(30)12(22)5-8-16(28)29/h10-14,17H,5-9,22H2,1-4H3,(H2,23,27)(H,24,31)(H,25,32)(H,26,30)(H,28,29)(H,33,34). The number of aliphatic carboxylic acids is 2. The van der Waals surface area contributed by atoms with Crippen molar-refractivity contribution in [2.24, 2.45) is 23.3 Å². The van der Waals surface area contributed by atoms with E-state index in [1.54, 1.807) is 27.7 Å². The Hall–Kier alpha value is -3.22. The van der Waals surface area contributed by atoms with Crippen molar-refractivity contribution in [2.45, 2.75) is 84.0 Å². The van der Waals surface area contributed by atoms with Crippen LogP contribution in [-0.4, -0.2) is 69.9 Å². The fraction of sp³-hybridized carbons (Fsp3) is 0.714. The highest BCUT2D eigenvalue weighted by molar-refractivity contribution is 5.94. The first-order chi connectivity index (χ1) is 15.6. The molecule has 194 valence electrons. The van der Waals surface area contributed by atoms with Gasteiger partial charge in [0.25, 0.3) is 0 Å². The molecule has 4 amide bonds. The minimum absolute atomic E-state index is 0.0542. The molecule has 0 aromatic heterocycles. The Morgan fingerprint density at radius 3 is 1.76 bits per heavy atom. The summed E-state index contributed by atoms with van der Waals surface area (Å²) in [6.45, 7) is 6.93. The fourth-order valence-electron chi connectivity index (χ4n) is 2.99. The Balaban J connectivity index is 5.41. The van der Waals surface area contributed by atoms with Crippen molar-refractivity contribution in [3.63, 3.8) is 0 Å². The molecule has 34 heavy (non-hydrogen) atoms. The predicted octanol–water partition coefficient (Wildman–Crippen LogP) is -1.31. The minimum atomic E-state index is -1.38. The lowest BCUT2D eigenvalue weighted by atomic mass is 9.99.